The van der Waals surface area contributed by atoms with Gasteiger partial charge < -0.3 is 4.74 Å². The van der Waals surface area contributed by atoms with E-state index in [1.54, 1.807) is 7.11 Å². The third-order valence-electron chi connectivity index (χ3n) is 3.36. The summed E-state index contributed by atoms with van der Waals surface area (Å²) in [4.78, 5) is 0. The Labute approximate surface area is 114 Å². The molecule has 0 saturated carbocycles. The highest BCUT2D eigenvalue weighted by Crippen LogP contribution is 2.22. The molecule has 0 aromatic heterocycles. The lowest BCUT2D eigenvalue weighted by Gasteiger charge is -2.18. The van der Waals surface area contributed by atoms with Gasteiger partial charge in [0, 0.05) is 0 Å². The van der Waals surface area contributed by atoms with E-state index in [4.69, 9.17) is 10.6 Å². The van der Waals surface area contributed by atoms with Gasteiger partial charge in [0.15, 0.2) is 0 Å². The van der Waals surface area contributed by atoms with Gasteiger partial charge in [-0.3, -0.25) is 11.3 Å². The molecule has 0 fully saturated rings. The maximum atomic E-state index is 5.70. The van der Waals surface area contributed by atoms with Gasteiger partial charge in [-0.05, 0) is 42.2 Å². The Hall–Kier alpha value is -1.84. The first-order valence-corrected chi connectivity index (χ1v) is 6.39. The van der Waals surface area contributed by atoms with Gasteiger partial charge in [-0.25, -0.2) is 0 Å². The van der Waals surface area contributed by atoms with E-state index >= 15 is 0 Å². The van der Waals surface area contributed by atoms with Gasteiger partial charge in [0.05, 0.1) is 13.2 Å². The highest BCUT2D eigenvalue weighted by atomic mass is 16.5. The monoisotopic (exact) mass is 256 g/mol. The van der Waals surface area contributed by atoms with E-state index in [2.05, 4.69) is 36.6 Å². The van der Waals surface area contributed by atoms with E-state index in [1.165, 1.54) is 16.7 Å². The number of rotatable bonds is 5. The van der Waals surface area contributed by atoms with Crippen molar-refractivity contribution in [3.63, 3.8) is 0 Å². The number of aryl methyl sites for hydroxylation is 1. The first kappa shape index (κ1) is 13.6. The third-order valence-corrected chi connectivity index (χ3v) is 3.36. The molecule has 2 aromatic rings. The van der Waals surface area contributed by atoms with Crippen LogP contribution in [0.3, 0.4) is 0 Å². The summed E-state index contributed by atoms with van der Waals surface area (Å²) >= 11 is 0. The topological polar surface area (TPSA) is 47.3 Å². The third kappa shape index (κ3) is 3.34. The van der Waals surface area contributed by atoms with Crippen molar-refractivity contribution in [2.45, 2.75) is 19.4 Å². The molecule has 0 aliphatic carbocycles. The molecule has 3 nitrogen and oxygen atoms in total. The van der Waals surface area contributed by atoms with Crippen LogP contribution in [0.1, 0.15) is 22.7 Å². The van der Waals surface area contributed by atoms with Crippen molar-refractivity contribution in [1.82, 2.24) is 5.43 Å². The second-order valence-corrected chi connectivity index (χ2v) is 4.63. The molecule has 0 aliphatic heterocycles. The van der Waals surface area contributed by atoms with Gasteiger partial charge in [0.1, 0.15) is 5.75 Å². The zero-order chi connectivity index (χ0) is 13.7. The molecule has 100 valence electrons. The molecular formula is C16H20N2O. The van der Waals surface area contributed by atoms with Gasteiger partial charge in [-0.2, -0.15) is 0 Å². The van der Waals surface area contributed by atoms with E-state index in [1.807, 2.05) is 24.3 Å². The van der Waals surface area contributed by atoms with Crippen LogP contribution in [0.5, 0.6) is 5.75 Å². The van der Waals surface area contributed by atoms with Gasteiger partial charge in [0.25, 0.3) is 0 Å². The fourth-order valence-electron chi connectivity index (χ4n) is 2.23. The first-order chi connectivity index (χ1) is 9.24. The van der Waals surface area contributed by atoms with Crippen LogP contribution >= 0.6 is 0 Å². The minimum absolute atomic E-state index is 0.120. The van der Waals surface area contributed by atoms with Crippen molar-refractivity contribution in [2.75, 3.05) is 7.11 Å². The molecule has 3 N–H and O–H groups in total. The summed E-state index contributed by atoms with van der Waals surface area (Å²) in [6.45, 7) is 2.10. The molecule has 19 heavy (non-hydrogen) atoms. The van der Waals surface area contributed by atoms with Crippen LogP contribution in [-0.4, -0.2) is 7.11 Å². The van der Waals surface area contributed by atoms with E-state index in [-0.39, 0.29) is 6.04 Å². The summed E-state index contributed by atoms with van der Waals surface area (Å²) in [5.41, 5.74) is 6.62. The molecule has 0 saturated heterocycles. The highest BCUT2D eigenvalue weighted by molar-refractivity contribution is 5.32. The maximum Gasteiger partial charge on any atom is 0.118 e. The Morgan fingerprint density at radius 3 is 2.37 bits per heavy atom. The predicted molar refractivity (Wildman–Crippen MR) is 77.9 cm³/mol. The number of hydrazine groups is 1. The molecule has 0 spiro atoms. The molecule has 0 heterocycles. The summed E-state index contributed by atoms with van der Waals surface area (Å²) < 4.78 is 5.16. The van der Waals surface area contributed by atoms with Gasteiger partial charge in [-0.1, -0.05) is 36.4 Å². The SMILES string of the molecule is COc1ccc(CC(NN)c2ccccc2C)cc1. The highest BCUT2D eigenvalue weighted by Gasteiger charge is 2.12. The Bertz CT molecular complexity index is 523. The quantitative estimate of drug-likeness (QED) is 0.639. The lowest BCUT2D eigenvalue weighted by molar-refractivity contribution is 0.414. The van der Waals surface area contributed by atoms with Gasteiger partial charge in [0.2, 0.25) is 0 Å². The first-order valence-electron chi connectivity index (χ1n) is 6.39. The second kappa shape index (κ2) is 6.36. The summed E-state index contributed by atoms with van der Waals surface area (Å²) in [5.74, 6) is 6.58. The van der Waals surface area contributed by atoms with Crippen molar-refractivity contribution in [3.8, 4) is 5.75 Å². The van der Waals surface area contributed by atoms with E-state index in [0.29, 0.717) is 0 Å². The standard InChI is InChI=1S/C16H20N2O/c1-12-5-3-4-6-15(12)16(18-17)11-13-7-9-14(19-2)10-8-13/h3-10,16,18H,11,17H2,1-2H3. The van der Waals surface area contributed by atoms with Crippen molar-refractivity contribution in [2.24, 2.45) is 5.84 Å². The largest absolute Gasteiger partial charge is 0.497 e. The molecule has 2 rings (SSSR count). The fourth-order valence-corrected chi connectivity index (χ4v) is 2.23. The molecule has 1 unspecified atom stereocenters. The zero-order valence-corrected chi connectivity index (χ0v) is 11.4. The Balaban J connectivity index is 2.17. The predicted octanol–water partition coefficient (Wildman–Crippen LogP) is 2.75. The average molecular weight is 256 g/mol. The number of benzene rings is 2. The maximum absolute atomic E-state index is 5.70. The smallest absolute Gasteiger partial charge is 0.118 e. The number of nitrogens with one attached hydrogen (secondary N) is 1. The molecule has 0 bridgehead atoms. The number of hydrogen-bond acceptors (Lipinski definition) is 3. The minimum Gasteiger partial charge on any atom is -0.497 e. The summed E-state index contributed by atoms with van der Waals surface area (Å²) in [7, 11) is 1.67. The fraction of sp³-hybridized carbons (Fsp3) is 0.250. The molecule has 0 radical (unpaired) electrons. The van der Waals surface area contributed by atoms with E-state index in [9.17, 15) is 0 Å². The van der Waals surface area contributed by atoms with E-state index in [0.717, 1.165) is 12.2 Å². The van der Waals surface area contributed by atoms with Crippen LogP contribution in [0.4, 0.5) is 0 Å². The van der Waals surface area contributed by atoms with Crippen LogP contribution in [0.2, 0.25) is 0 Å². The van der Waals surface area contributed by atoms with Crippen molar-refractivity contribution >= 4 is 0 Å². The zero-order valence-electron chi connectivity index (χ0n) is 11.4. The Morgan fingerprint density at radius 1 is 1.11 bits per heavy atom. The number of ether oxygens (including phenoxy) is 1. The van der Waals surface area contributed by atoms with Crippen LogP contribution in [0.15, 0.2) is 48.5 Å². The Morgan fingerprint density at radius 2 is 1.79 bits per heavy atom. The normalized spacial score (nSPS) is 12.2. The molecule has 1 atom stereocenters. The average Bonchev–Trinajstić information content (AvgIpc) is 2.46. The number of hydrogen-bond donors (Lipinski definition) is 2. The van der Waals surface area contributed by atoms with Gasteiger partial charge in [-0.15, -0.1) is 0 Å². The lowest BCUT2D eigenvalue weighted by Crippen LogP contribution is -2.30. The molecule has 0 amide bonds. The molecule has 0 aliphatic rings. The van der Waals surface area contributed by atoms with Crippen LogP contribution in [0.25, 0.3) is 0 Å². The van der Waals surface area contributed by atoms with Crippen LogP contribution in [0, 0.1) is 6.92 Å². The molecule has 2 aromatic carbocycles. The number of nitrogens with two attached hydrogens (primary N) is 1. The van der Waals surface area contributed by atoms with Crippen LogP contribution in [-0.2, 0) is 6.42 Å². The summed E-state index contributed by atoms with van der Waals surface area (Å²) in [6, 6.07) is 16.5. The van der Waals surface area contributed by atoms with Crippen molar-refractivity contribution in [3.05, 3.63) is 65.2 Å². The van der Waals surface area contributed by atoms with Crippen LogP contribution < -0.4 is 16.0 Å². The van der Waals surface area contributed by atoms with E-state index < -0.39 is 0 Å². The number of methoxy groups -OCH3 is 1. The summed E-state index contributed by atoms with van der Waals surface area (Å²) in [6.07, 6.45) is 0.853. The van der Waals surface area contributed by atoms with Crippen molar-refractivity contribution in [1.29, 1.82) is 0 Å². The lowest BCUT2D eigenvalue weighted by atomic mass is 9.96. The summed E-state index contributed by atoms with van der Waals surface area (Å²) in [5, 5.41) is 0. The second-order valence-electron chi connectivity index (χ2n) is 4.63. The molecule has 3 heteroatoms. The Kier molecular flexibility index (Phi) is 4.55. The van der Waals surface area contributed by atoms with Crippen molar-refractivity contribution < 1.29 is 4.74 Å². The minimum atomic E-state index is 0.120. The van der Waals surface area contributed by atoms with Gasteiger partial charge >= 0.3 is 0 Å². The molecular weight excluding hydrogens is 236 g/mol.